The van der Waals surface area contributed by atoms with Gasteiger partial charge in [-0.1, -0.05) is 0 Å². The molecule has 2 aromatic rings. The van der Waals surface area contributed by atoms with Gasteiger partial charge in [0, 0.05) is 37.0 Å². The Balaban J connectivity index is 1.50. The van der Waals surface area contributed by atoms with Gasteiger partial charge in [0.05, 0.1) is 7.11 Å². The Morgan fingerprint density at radius 1 is 1.18 bits per heavy atom. The third-order valence-corrected chi connectivity index (χ3v) is 4.68. The molecule has 1 aliphatic rings. The number of nitrogens with zero attached hydrogens (tertiary/aromatic N) is 2. The van der Waals surface area contributed by atoms with Crippen LogP contribution in [0, 0.1) is 0 Å². The van der Waals surface area contributed by atoms with Crippen LogP contribution in [-0.2, 0) is 4.79 Å². The van der Waals surface area contributed by atoms with Gasteiger partial charge in [0.1, 0.15) is 11.6 Å². The smallest absolute Gasteiger partial charge is 0.328 e. The number of hydrogen-bond acceptors (Lipinski definition) is 5. The summed E-state index contributed by atoms with van der Waals surface area (Å²) in [7, 11) is 1.60. The summed E-state index contributed by atoms with van der Waals surface area (Å²) in [5.41, 5.74) is 1.40. The predicted molar refractivity (Wildman–Crippen MR) is 106 cm³/mol. The van der Waals surface area contributed by atoms with Gasteiger partial charge in [0.2, 0.25) is 0 Å². The van der Waals surface area contributed by atoms with E-state index >= 15 is 0 Å². The molecule has 146 valence electrons. The van der Waals surface area contributed by atoms with Gasteiger partial charge >= 0.3 is 5.97 Å². The first-order valence-electron chi connectivity index (χ1n) is 9.12. The SMILES string of the molecule is COc1ccc(C(=O)N2CCC(Nc3ccc(/C=C/C(=O)O)cn3)CC2)cc1. The van der Waals surface area contributed by atoms with E-state index in [1.807, 2.05) is 17.0 Å². The first-order chi connectivity index (χ1) is 13.5. The first kappa shape index (κ1) is 19.4. The zero-order valence-electron chi connectivity index (χ0n) is 15.7. The van der Waals surface area contributed by atoms with Crippen LogP contribution in [0.5, 0.6) is 5.75 Å². The van der Waals surface area contributed by atoms with E-state index in [2.05, 4.69) is 10.3 Å². The molecule has 7 heteroatoms. The molecule has 1 fully saturated rings. The van der Waals surface area contributed by atoms with E-state index in [1.165, 1.54) is 6.08 Å². The van der Waals surface area contributed by atoms with Crippen molar-refractivity contribution in [3.8, 4) is 5.75 Å². The molecule has 0 unspecified atom stereocenters. The van der Waals surface area contributed by atoms with Gasteiger partial charge < -0.3 is 20.1 Å². The van der Waals surface area contributed by atoms with E-state index < -0.39 is 5.97 Å². The van der Waals surface area contributed by atoms with Crippen molar-refractivity contribution in [1.82, 2.24) is 9.88 Å². The van der Waals surface area contributed by atoms with E-state index in [4.69, 9.17) is 9.84 Å². The van der Waals surface area contributed by atoms with Gasteiger partial charge in [-0.05, 0) is 60.9 Å². The maximum absolute atomic E-state index is 12.6. The lowest BCUT2D eigenvalue weighted by molar-refractivity contribution is -0.131. The number of carbonyl (C=O) groups is 2. The van der Waals surface area contributed by atoms with Crippen LogP contribution in [0.2, 0.25) is 0 Å². The zero-order chi connectivity index (χ0) is 19.9. The highest BCUT2D eigenvalue weighted by Gasteiger charge is 2.23. The Labute approximate surface area is 163 Å². The average Bonchev–Trinajstić information content (AvgIpc) is 2.73. The van der Waals surface area contributed by atoms with Crippen LogP contribution in [-0.4, -0.2) is 53.1 Å². The second-order valence-corrected chi connectivity index (χ2v) is 6.59. The molecule has 2 N–H and O–H groups in total. The van der Waals surface area contributed by atoms with Gasteiger partial charge in [-0.15, -0.1) is 0 Å². The van der Waals surface area contributed by atoms with E-state index in [0.717, 1.165) is 36.0 Å². The number of piperidine rings is 1. The summed E-state index contributed by atoms with van der Waals surface area (Å²) in [6, 6.07) is 11.1. The summed E-state index contributed by atoms with van der Waals surface area (Å²) < 4.78 is 5.13. The number of hydrogen-bond donors (Lipinski definition) is 2. The average molecular weight is 381 g/mol. The lowest BCUT2D eigenvalue weighted by atomic mass is 10.0. The van der Waals surface area contributed by atoms with Gasteiger partial charge in [-0.25, -0.2) is 9.78 Å². The van der Waals surface area contributed by atoms with Crippen molar-refractivity contribution in [2.24, 2.45) is 0 Å². The molecule has 1 saturated heterocycles. The molecule has 1 aromatic carbocycles. The fraction of sp³-hybridized carbons (Fsp3) is 0.286. The number of carbonyl (C=O) groups excluding carboxylic acids is 1. The molecule has 0 saturated carbocycles. The quantitative estimate of drug-likeness (QED) is 0.748. The Morgan fingerprint density at radius 2 is 1.89 bits per heavy atom. The molecule has 3 rings (SSSR count). The molecule has 28 heavy (non-hydrogen) atoms. The number of ether oxygens (including phenoxy) is 1. The van der Waals surface area contributed by atoms with E-state index in [1.54, 1.807) is 37.6 Å². The standard InChI is InChI=1S/C21H23N3O4/c1-28-18-6-4-16(5-7-18)21(27)24-12-10-17(11-13-24)23-19-8-2-15(14-22-19)3-9-20(25)26/h2-9,14,17H,10-13H2,1H3,(H,22,23)(H,25,26)/b9-3+. The maximum atomic E-state index is 12.6. The number of pyridine rings is 1. The largest absolute Gasteiger partial charge is 0.497 e. The number of amides is 1. The molecule has 1 aliphatic heterocycles. The third kappa shape index (κ3) is 5.09. The molecule has 0 radical (unpaired) electrons. The van der Waals surface area contributed by atoms with E-state index in [-0.39, 0.29) is 11.9 Å². The van der Waals surface area contributed by atoms with Crippen molar-refractivity contribution in [3.05, 3.63) is 59.8 Å². The molecular formula is C21H23N3O4. The highest BCUT2D eigenvalue weighted by atomic mass is 16.5. The van der Waals surface area contributed by atoms with Crippen molar-refractivity contribution in [1.29, 1.82) is 0 Å². The molecule has 7 nitrogen and oxygen atoms in total. The lowest BCUT2D eigenvalue weighted by Gasteiger charge is -2.32. The third-order valence-electron chi connectivity index (χ3n) is 4.68. The summed E-state index contributed by atoms with van der Waals surface area (Å²) in [6.45, 7) is 1.37. The van der Waals surface area contributed by atoms with E-state index in [0.29, 0.717) is 18.7 Å². The molecule has 0 bridgehead atoms. The maximum Gasteiger partial charge on any atom is 0.328 e. The van der Waals surface area contributed by atoms with Crippen LogP contribution in [0.25, 0.3) is 6.08 Å². The fourth-order valence-electron chi connectivity index (χ4n) is 3.11. The summed E-state index contributed by atoms with van der Waals surface area (Å²) in [6.07, 6.45) is 5.89. The monoisotopic (exact) mass is 381 g/mol. The van der Waals surface area contributed by atoms with Gasteiger partial charge in [-0.3, -0.25) is 4.79 Å². The highest BCUT2D eigenvalue weighted by Crippen LogP contribution is 2.19. The fourth-order valence-corrected chi connectivity index (χ4v) is 3.11. The Hall–Kier alpha value is -3.35. The van der Waals surface area contributed by atoms with Crippen molar-refractivity contribution in [2.75, 3.05) is 25.5 Å². The van der Waals surface area contributed by atoms with Gasteiger partial charge in [0.15, 0.2) is 0 Å². The summed E-state index contributed by atoms with van der Waals surface area (Å²) >= 11 is 0. The molecule has 1 aromatic heterocycles. The minimum Gasteiger partial charge on any atom is -0.497 e. The highest BCUT2D eigenvalue weighted by molar-refractivity contribution is 5.94. The number of carboxylic acid groups (broad SMARTS) is 1. The number of benzene rings is 1. The van der Waals surface area contributed by atoms with Crippen molar-refractivity contribution in [3.63, 3.8) is 0 Å². The minimum atomic E-state index is -0.988. The van der Waals surface area contributed by atoms with E-state index in [9.17, 15) is 9.59 Å². The van der Waals surface area contributed by atoms with Crippen LogP contribution in [0.1, 0.15) is 28.8 Å². The molecule has 0 atom stereocenters. The topological polar surface area (TPSA) is 91.8 Å². The van der Waals surface area contributed by atoms with Gasteiger partial charge in [-0.2, -0.15) is 0 Å². The van der Waals surface area contributed by atoms with Crippen LogP contribution in [0.4, 0.5) is 5.82 Å². The second-order valence-electron chi connectivity index (χ2n) is 6.59. The summed E-state index contributed by atoms with van der Waals surface area (Å²) in [5, 5.41) is 12.0. The number of rotatable bonds is 6. The number of likely N-dealkylation sites (tertiary alicyclic amines) is 1. The normalized spacial score (nSPS) is 14.8. The molecule has 1 amide bonds. The predicted octanol–water partition coefficient (Wildman–Crippen LogP) is 2.90. The number of anilines is 1. The molecule has 0 spiro atoms. The first-order valence-corrected chi connectivity index (χ1v) is 9.12. The zero-order valence-corrected chi connectivity index (χ0v) is 15.7. The summed E-state index contributed by atoms with van der Waals surface area (Å²) in [5.74, 6) is 0.524. The second kappa shape index (κ2) is 9.03. The number of aliphatic carboxylic acids is 1. The van der Waals surface area contributed by atoms with Crippen molar-refractivity contribution < 1.29 is 19.4 Å². The number of methoxy groups -OCH3 is 1. The Kier molecular flexibility index (Phi) is 6.26. The molecule has 2 heterocycles. The van der Waals surface area contributed by atoms with Crippen LogP contribution in [0.3, 0.4) is 0 Å². The van der Waals surface area contributed by atoms with Crippen LogP contribution in [0.15, 0.2) is 48.7 Å². The Morgan fingerprint density at radius 3 is 2.46 bits per heavy atom. The van der Waals surface area contributed by atoms with Crippen LogP contribution >= 0.6 is 0 Å². The molecule has 0 aliphatic carbocycles. The minimum absolute atomic E-state index is 0.0359. The van der Waals surface area contributed by atoms with Gasteiger partial charge in [0.25, 0.3) is 5.91 Å². The molecular weight excluding hydrogens is 358 g/mol. The van der Waals surface area contributed by atoms with Crippen LogP contribution < -0.4 is 10.1 Å². The Bertz CT molecular complexity index is 839. The van der Waals surface area contributed by atoms with Crippen molar-refractivity contribution >= 4 is 23.8 Å². The number of carboxylic acids is 1. The summed E-state index contributed by atoms with van der Waals surface area (Å²) in [4.78, 5) is 29.3. The lowest BCUT2D eigenvalue weighted by Crippen LogP contribution is -2.42. The number of nitrogens with one attached hydrogen (secondary N) is 1. The number of aromatic nitrogens is 1. The van der Waals surface area contributed by atoms with Crippen molar-refractivity contribution in [2.45, 2.75) is 18.9 Å².